The van der Waals surface area contributed by atoms with Gasteiger partial charge in [-0.1, -0.05) is 19.9 Å². The van der Waals surface area contributed by atoms with Crippen molar-refractivity contribution in [3.8, 4) is 5.75 Å². The number of hydrogen-bond acceptors (Lipinski definition) is 4. The Morgan fingerprint density at radius 2 is 1.95 bits per heavy atom. The van der Waals surface area contributed by atoms with Crippen molar-refractivity contribution in [2.45, 2.75) is 31.6 Å². The van der Waals surface area contributed by atoms with E-state index in [2.05, 4.69) is 9.71 Å². The molecule has 0 saturated heterocycles. The van der Waals surface area contributed by atoms with Crippen LogP contribution in [-0.4, -0.2) is 20.5 Å². The van der Waals surface area contributed by atoms with Crippen molar-refractivity contribution in [3.63, 3.8) is 0 Å². The van der Waals surface area contributed by atoms with Gasteiger partial charge in [0.05, 0.1) is 7.11 Å². The van der Waals surface area contributed by atoms with Crippen LogP contribution in [0.1, 0.15) is 30.9 Å². The molecule has 118 valence electrons. The number of aryl methyl sites for hydroxylation is 1. The molecule has 0 unspecified atom stereocenters. The van der Waals surface area contributed by atoms with Crippen molar-refractivity contribution in [1.82, 2.24) is 4.98 Å². The molecule has 0 bridgehead atoms. The summed E-state index contributed by atoms with van der Waals surface area (Å²) >= 11 is 0. The highest BCUT2D eigenvalue weighted by atomic mass is 32.2. The maximum atomic E-state index is 12.6. The van der Waals surface area contributed by atoms with E-state index < -0.39 is 10.0 Å². The normalized spacial score (nSPS) is 11.5. The first-order chi connectivity index (χ1) is 10.3. The summed E-state index contributed by atoms with van der Waals surface area (Å²) in [6.07, 6.45) is 1.53. The molecule has 2 aromatic rings. The Hall–Kier alpha value is -2.08. The third-order valence-corrected chi connectivity index (χ3v) is 4.74. The number of anilines is 1. The second-order valence-corrected chi connectivity index (χ2v) is 6.99. The fourth-order valence-corrected chi connectivity index (χ4v) is 3.48. The van der Waals surface area contributed by atoms with E-state index in [1.54, 1.807) is 30.3 Å². The SMILES string of the molecule is COc1cc(C)c(C(C)C)cc1S(=O)(=O)Nc1ccccn1. The van der Waals surface area contributed by atoms with Crippen LogP contribution >= 0.6 is 0 Å². The Bertz CT molecular complexity index is 756. The Morgan fingerprint density at radius 3 is 2.50 bits per heavy atom. The molecular weight excluding hydrogens is 300 g/mol. The number of methoxy groups -OCH3 is 1. The molecule has 0 aliphatic rings. The van der Waals surface area contributed by atoms with Crippen LogP contribution in [0.15, 0.2) is 41.4 Å². The van der Waals surface area contributed by atoms with Gasteiger partial charge in [0.2, 0.25) is 0 Å². The van der Waals surface area contributed by atoms with Gasteiger partial charge in [-0.05, 0) is 48.2 Å². The summed E-state index contributed by atoms with van der Waals surface area (Å²) in [7, 11) is -2.30. The topological polar surface area (TPSA) is 68.3 Å². The number of pyridine rings is 1. The van der Waals surface area contributed by atoms with Gasteiger partial charge in [0.1, 0.15) is 16.5 Å². The minimum Gasteiger partial charge on any atom is -0.495 e. The van der Waals surface area contributed by atoms with Gasteiger partial charge in [0.15, 0.2) is 0 Å². The van der Waals surface area contributed by atoms with Crippen LogP contribution in [0.25, 0.3) is 0 Å². The van der Waals surface area contributed by atoms with Crippen molar-refractivity contribution in [1.29, 1.82) is 0 Å². The van der Waals surface area contributed by atoms with Gasteiger partial charge in [-0.15, -0.1) is 0 Å². The molecule has 0 aliphatic heterocycles. The molecular formula is C16H20N2O3S. The van der Waals surface area contributed by atoms with Gasteiger partial charge in [-0.25, -0.2) is 13.4 Å². The highest BCUT2D eigenvalue weighted by Gasteiger charge is 2.22. The van der Waals surface area contributed by atoms with Gasteiger partial charge in [0, 0.05) is 6.20 Å². The molecule has 0 aliphatic carbocycles. The zero-order chi connectivity index (χ0) is 16.3. The van der Waals surface area contributed by atoms with Crippen molar-refractivity contribution >= 4 is 15.8 Å². The molecule has 1 aromatic heterocycles. The van der Waals surface area contributed by atoms with E-state index in [1.165, 1.54) is 13.3 Å². The molecule has 1 N–H and O–H groups in total. The smallest absolute Gasteiger partial charge is 0.266 e. The molecule has 1 aromatic carbocycles. The van der Waals surface area contributed by atoms with E-state index in [9.17, 15) is 8.42 Å². The van der Waals surface area contributed by atoms with E-state index >= 15 is 0 Å². The first-order valence-corrected chi connectivity index (χ1v) is 8.46. The van der Waals surface area contributed by atoms with E-state index in [-0.39, 0.29) is 16.6 Å². The molecule has 1 heterocycles. The predicted molar refractivity (Wildman–Crippen MR) is 86.9 cm³/mol. The van der Waals surface area contributed by atoms with Crippen LogP contribution in [0.2, 0.25) is 0 Å². The number of benzene rings is 1. The molecule has 0 radical (unpaired) electrons. The number of hydrogen-bond donors (Lipinski definition) is 1. The van der Waals surface area contributed by atoms with E-state index in [1.807, 2.05) is 20.8 Å². The van der Waals surface area contributed by atoms with Crippen molar-refractivity contribution in [3.05, 3.63) is 47.7 Å². The fraction of sp³-hybridized carbons (Fsp3) is 0.312. The van der Waals surface area contributed by atoms with Gasteiger partial charge in [-0.2, -0.15) is 0 Å². The fourth-order valence-electron chi connectivity index (χ4n) is 2.28. The summed E-state index contributed by atoms with van der Waals surface area (Å²) in [5.41, 5.74) is 1.98. The summed E-state index contributed by atoms with van der Waals surface area (Å²) in [6.45, 7) is 6.00. The Morgan fingerprint density at radius 1 is 1.23 bits per heavy atom. The first kappa shape index (κ1) is 16.3. The molecule has 0 saturated carbocycles. The average Bonchev–Trinajstić information content (AvgIpc) is 2.46. The maximum Gasteiger partial charge on any atom is 0.266 e. The molecule has 22 heavy (non-hydrogen) atoms. The molecule has 5 nitrogen and oxygen atoms in total. The van der Waals surface area contributed by atoms with Gasteiger partial charge in [-0.3, -0.25) is 4.72 Å². The lowest BCUT2D eigenvalue weighted by molar-refractivity contribution is 0.402. The molecule has 0 spiro atoms. The lowest BCUT2D eigenvalue weighted by atomic mass is 9.98. The monoisotopic (exact) mass is 320 g/mol. The van der Waals surface area contributed by atoms with Gasteiger partial charge in [0.25, 0.3) is 10.0 Å². The standard InChI is InChI=1S/C16H20N2O3S/c1-11(2)13-10-15(14(21-4)9-12(13)3)22(19,20)18-16-7-5-6-8-17-16/h5-11H,1-4H3,(H,17,18). The summed E-state index contributed by atoms with van der Waals surface area (Å²) < 4.78 is 33.0. The third kappa shape index (κ3) is 3.39. The Kier molecular flexibility index (Phi) is 4.71. The molecule has 2 rings (SSSR count). The summed E-state index contributed by atoms with van der Waals surface area (Å²) in [6, 6.07) is 8.46. The van der Waals surface area contributed by atoms with Crippen LogP contribution in [0.4, 0.5) is 5.82 Å². The summed E-state index contributed by atoms with van der Waals surface area (Å²) in [5, 5.41) is 0. The quantitative estimate of drug-likeness (QED) is 0.917. The third-order valence-electron chi connectivity index (χ3n) is 3.37. The second-order valence-electron chi connectivity index (χ2n) is 5.33. The second kappa shape index (κ2) is 6.36. The van der Waals surface area contributed by atoms with Crippen molar-refractivity contribution in [2.24, 2.45) is 0 Å². The van der Waals surface area contributed by atoms with Crippen LogP contribution < -0.4 is 9.46 Å². The molecule has 6 heteroatoms. The Balaban J connectivity index is 2.52. The van der Waals surface area contributed by atoms with Gasteiger partial charge < -0.3 is 4.74 Å². The molecule has 0 atom stereocenters. The summed E-state index contributed by atoms with van der Waals surface area (Å²) in [5.74, 6) is 0.816. The zero-order valence-corrected chi connectivity index (χ0v) is 13.9. The van der Waals surface area contributed by atoms with E-state index in [0.717, 1.165) is 11.1 Å². The maximum absolute atomic E-state index is 12.6. The molecule has 0 amide bonds. The summed E-state index contributed by atoms with van der Waals surface area (Å²) in [4.78, 5) is 4.11. The minimum absolute atomic E-state index is 0.120. The average molecular weight is 320 g/mol. The lowest BCUT2D eigenvalue weighted by Gasteiger charge is -2.16. The lowest BCUT2D eigenvalue weighted by Crippen LogP contribution is -2.15. The number of rotatable bonds is 5. The Labute approximate surface area is 131 Å². The number of nitrogens with one attached hydrogen (secondary N) is 1. The van der Waals surface area contributed by atoms with Gasteiger partial charge >= 0.3 is 0 Å². The predicted octanol–water partition coefficient (Wildman–Crippen LogP) is 3.32. The van der Waals surface area contributed by atoms with Crippen LogP contribution in [-0.2, 0) is 10.0 Å². The largest absolute Gasteiger partial charge is 0.495 e. The molecule has 0 fully saturated rings. The highest BCUT2D eigenvalue weighted by Crippen LogP contribution is 2.31. The van der Waals surface area contributed by atoms with Crippen LogP contribution in [0.3, 0.4) is 0 Å². The van der Waals surface area contributed by atoms with E-state index in [0.29, 0.717) is 5.75 Å². The zero-order valence-electron chi connectivity index (χ0n) is 13.1. The van der Waals surface area contributed by atoms with Crippen LogP contribution in [0.5, 0.6) is 5.75 Å². The van der Waals surface area contributed by atoms with Crippen molar-refractivity contribution < 1.29 is 13.2 Å². The van der Waals surface area contributed by atoms with Crippen LogP contribution in [0, 0.1) is 6.92 Å². The first-order valence-electron chi connectivity index (χ1n) is 6.97. The minimum atomic E-state index is -3.77. The highest BCUT2D eigenvalue weighted by molar-refractivity contribution is 7.92. The van der Waals surface area contributed by atoms with E-state index in [4.69, 9.17) is 4.74 Å². The number of ether oxygens (including phenoxy) is 1. The number of nitrogens with zero attached hydrogens (tertiary/aromatic N) is 1. The number of sulfonamides is 1. The van der Waals surface area contributed by atoms with Crippen molar-refractivity contribution in [2.75, 3.05) is 11.8 Å². The number of aromatic nitrogens is 1.